The molecule has 3 rings (SSSR count). The zero-order valence-corrected chi connectivity index (χ0v) is 13.0. The minimum absolute atomic E-state index is 0.763. The van der Waals surface area contributed by atoms with Crippen molar-refractivity contribution < 1.29 is 9.47 Å². The Morgan fingerprint density at radius 2 is 2.14 bits per heavy atom. The van der Waals surface area contributed by atoms with E-state index >= 15 is 0 Å². The van der Waals surface area contributed by atoms with Crippen LogP contribution >= 0.6 is 11.3 Å². The van der Waals surface area contributed by atoms with Gasteiger partial charge in [-0.3, -0.25) is 0 Å². The molecule has 0 fully saturated rings. The average Bonchev–Trinajstić information content (AvgIpc) is 3.12. The molecule has 0 aliphatic heterocycles. The fourth-order valence-corrected chi connectivity index (χ4v) is 3.10. The van der Waals surface area contributed by atoms with Crippen molar-refractivity contribution in [1.29, 1.82) is 0 Å². The summed E-state index contributed by atoms with van der Waals surface area (Å²) >= 11 is 1.60. The number of ether oxygens (including phenoxy) is 2. The number of thiazole rings is 1. The molecule has 0 aliphatic rings. The first-order valence-corrected chi connectivity index (χ1v) is 7.57. The number of H-pyrrole nitrogens is 1. The average molecular weight is 303 g/mol. The summed E-state index contributed by atoms with van der Waals surface area (Å²) < 4.78 is 10.8. The monoisotopic (exact) mass is 303 g/mol. The fraction of sp³-hybridized carbons (Fsp3) is 0.267. The Kier molecular flexibility index (Phi) is 3.70. The van der Waals surface area contributed by atoms with Gasteiger partial charge in [-0.15, -0.1) is 11.3 Å². The van der Waals surface area contributed by atoms with Crippen molar-refractivity contribution in [3.05, 3.63) is 23.7 Å². The number of aromatic amines is 1. The molecule has 2 aromatic heterocycles. The lowest BCUT2D eigenvalue weighted by molar-refractivity contribution is 0.398. The first-order valence-electron chi connectivity index (χ1n) is 6.69. The van der Waals surface area contributed by atoms with Gasteiger partial charge in [0.1, 0.15) is 11.5 Å². The molecule has 2 heterocycles. The number of nitrogens with one attached hydrogen (secondary N) is 2. The van der Waals surface area contributed by atoms with E-state index in [-0.39, 0.29) is 0 Å². The van der Waals surface area contributed by atoms with E-state index in [9.17, 15) is 0 Å². The summed E-state index contributed by atoms with van der Waals surface area (Å²) in [6.45, 7) is 2.92. The van der Waals surface area contributed by atoms with E-state index in [0.717, 1.165) is 45.3 Å². The standard InChI is InChI=1S/C15H17N3O2S/c1-4-16-15-18-12(8-21-15)10-7-17-11-5-9(19-2)6-13(20-3)14(10)11/h5-8,17H,4H2,1-3H3,(H,16,18). The van der Waals surface area contributed by atoms with E-state index in [1.54, 1.807) is 25.6 Å². The lowest BCUT2D eigenvalue weighted by atomic mass is 10.1. The highest BCUT2D eigenvalue weighted by Crippen LogP contribution is 2.38. The summed E-state index contributed by atoms with van der Waals surface area (Å²) in [5.74, 6) is 1.54. The number of hydrogen-bond donors (Lipinski definition) is 2. The normalized spacial score (nSPS) is 10.8. The highest BCUT2D eigenvalue weighted by Gasteiger charge is 2.15. The summed E-state index contributed by atoms with van der Waals surface area (Å²) in [6, 6.07) is 3.84. The van der Waals surface area contributed by atoms with Crippen LogP contribution < -0.4 is 14.8 Å². The molecule has 0 radical (unpaired) electrons. The maximum atomic E-state index is 5.50. The van der Waals surface area contributed by atoms with E-state index < -0.39 is 0 Å². The predicted octanol–water partition coefficient (Wildman–Crippen LogP) is 3.74. The first-order chi connectivity index (χ1) is 10.3. The molecule has 3 aromatic rings. The number of aromatic nitrogens is 2. The molecular formula is C15H17N3O2S. The van der Waals surface area contributed by atoms with Crippen LogP contribution in [-0.4, -0.2) is 30.7 Å². The van der Waals surface area contributed by atoms with E-state index in [1.807, 2.05) is 23.7 Å². The maximum absolute atomic E-state index is 5.50. The van der Waals surface area contributed by atoms with Gasteiger partial charge in [0.05, 0.1) is 30.8 Å². The topological polar surface area (TPSA) is 59.2 Å². The Morgan fingerprint density at radius 3 is 2.86 bits per heavy atom. The quantitative estimate of drug-likeness (QED) is 0.754. The Morgan fingerprint density at radius 1 is 1.29 bits per heavy atom. The Hall–Kier alpha value is -2.21. The zero-order valence-electron chi connectivity index (χ0n) is 12.2. The molecule has 0 spiro atoms. The molecule has 0 unspecified atom stereocenters. The second-order valence-electron chi connectivity index (χ2n) is 4.52. The van der Waals surface area contributed by atoms with Crippen LogP contribution in [0.25, 0.3) is 22.2 Å². The van der Waals surface area contributed by atoms with Crippen molar-refractivity contribution in [2.24, 2.45) is 0 Å². The van der Waals surface area contributed by atoms with Gasteiger partial charge < -0.3 is 19.8 Å². The summed E-state index contributed by atoms with van der Waals surface area (Å²) in [4.78, 5) is 7.87. The number of rotatable bonds is 5. The second-order valence-corrected chi connectivity index (χ2v) is 5.38. The van der Waals surface area contributed by atoms with Gasteiger partial charge in [-0.25, -0.2) is 4.98 Å². The number of benzene rings is 1. The van der Waals surface area contributed by atoms with Crippen LogP contribution in [0.3, 0.4) is 0 Å². The third kappa shape index (κ3) is 2.42. The third-order valence-electron chi connectivity index (χ3n) is 3.28. The predicted molar refractivity (Wildman–Crippen MR) is 86.7 cm³/mol. The summed E-state index contributed by atoms with van der Waals surface area (Å²) in [7, 11) is 3.31. The lowest BCUT2D eigenvalue weighted by Gasteiger charge is -2.07. The molecule has 0 amide bonds. The van der Waals surface area contributed by atoms with E-state index in [4.69, 9.17) is 9.47 Å². The molecule has 0 saturated carbocycles. The minimum Gasteiger partial charge on any atom is -0.497 e. The lowest BCUT2D eigenvalue weighted by Crippen LogP contribution is -1.95. The van der Waals surface area contributed by atoms with Crippen LogP contribution in [0.2, 0.25) is 0 Å². The molecule has 5 nitrogen and oxygen atoms in total. The summed E-state index contributed by atoms with van der Waals surface area (Å²) in [5, 5.41) is 7.22. The van der Waals surface area contributed by atoms with Gasteiger partial charge >= 0.3 is 0 Å². The van der Waals surface area contributed by atoms with Crippen LogP contribution in [0.15, 0.2) is 23.7 Å². The number of nitrogens with zero attached hydrogens (tertiary/aromatic N) is 1. The Labute approximate surface area is 126 Å². The highest BCUT2D eigenvalue weighted by molar-refractivity contribution is 7.14. The van der Waals surface area contributed by atoms with Gasteiger partial charge in [0.25, 0.3) is 0 Å². The molecule has 110 valence electrons. The van der Waals surface area contributed by atoms with Gasteiger partial charge in [0, 0.05) is 35.8 Å². The van der Waals surface area contributed by atoms with Gasteiger partial charge in [-0.1, -0.05) is 0 Å². The molecule has 1 aromatic carbocycles. The smallest absolute Gasteiger partial charge is 0.183 e. The summed E-state index contributed by atoms with van der Waals surface area (Å²) in [6.07, 6.45) is 1.96. The van der Waals surface area contributed by atoms with Gasteiger partial charge in [0.2, 0.25) is 0 Å². The Bertz CT molecular complexity index is 763. The number of methoxy groups -OCH3 is 2. The molecule has 0 saturated heterocycles. The SMILES string of the molecule is CCNc1nc(-c2c[nH]c3cc(OC)cc(OC)c23)cs1. The second kappa shape index (κ2) is 5.65. The van der Waals surface area contributed by atoms with Gasteiger partial charge in [-0.05, 0) is 6.92 Å². The Balaban J connectivity index is 2.14. The van der Waals surface area contributed by atoms with Gasteiger partial charge in [-0.2, -0.15) is 0 Å². The van der Waals surface area contributed by atoms with Crippen molar-refractivity contribution in [2.45, 2.75) is 6.92 Å². The zero-order chi connectivity index (χ0) is 14.8. The van der Waals surface area contributed by atoms with Crippen LogP contribution in [0, 0.1) is 0 Å². The van der Waals surface area contributed by atoms with E-state index in [1.165, 1.54) is 0 Å². The van der Waals surface area contributed by atoms with Gasteiger partial charge in [0.15, 0.2) is 5.13 Å². The van der Waals surface area contributed by atoms with Crippen LogP contribution in [-0.2, 0) is 0 Å². The van der Waals surface area contributed by atoms with Crippen LogP contribution in [0.5, 0.6) is 11.5 Å². The molecule has 0 atom stereocenters. The molecule has 21 heavy (non-hydrogen) atoms. The summed E-state index contributed by atoms with van der Waals surface area (Å²) in [5.41, 5.74) is 2.94. The first kappa shape index (κ1) is 13.8. The fourth-order valence-electron chi connectivity index (χ4n) is 2.31. The molecule has 0 aliphatic carbocycles. The highest BCUT2D eigenvalue weighted by atomic mass is 32.1. The van der Waals surface area contributed by atoms with Crippen molar-refractivity contribution in [3.8, 4) is 22.8 Å². The van der Waals surface area contributed by atoms with Crippen LogP contribution in [0.4, 0.5) is 5.13 Å². The van der Waals surface area contributed by atoms with E-state index in [2.05, 4.69) is 22.2 Å². The number of anilines is 1. The molecule has 2 N–H and O–H groups in total. The molecular weight excluding hydrogens is 286 g/mol. The van der Waals surface area contributed by atoms with E-state index in [0.29, 0.717) is 0 Å². The minimum atomic E-state index is 0.763. The van der Waals surface area contributed by atoms with Crippen molar-refractivity contribution in [2.75, 3.05) is 26.1 Å². The maximum Gasteiger partial charge on any atom is 0.183 e. The number of hydrogen-bond acceptors (Lipinski definition) is 5. The van der Waals surface area contributed by atoms with Crippen LogP contribution in [0.1, 0.15) is 6.92 Å². The third-order valence-corrected chi connectivity index (χ3v) is 4.08. The van der Waals surface area contributed by atoms with Crippen molar-refractivity contribution >= 4 is 27.4 Å². The molecule has 6 heteroatoms. The molecule has 0 bridgehead atoms. The van der Waals surface area contributed by atoms with Crippen molar-refractivity contribution in [1.82, 2.24) is 9.97 Å². The number of fused-ring (bicyclic) bond motifs is 1. The largest absolute Gasteiger partial charge is 0.497 e. The van der Waals surface area contributed by atoms with Crippen molar-refractivity contribution in [3.63, 3.8) is 0 Å².